The van der Waals surface area contributed by atoms with Crippen molar-refractivity contribution < 1.29 is 18.1 Å². The van der Waals surface area contributed by atoms with Crippen LogP contribution in [0, 0.1) is 18.6 Å². The Bertz CT molecular complexity index is 857. The molecule has 0 radical (unpaired) electrons. The highest BCUT2D eigenvalue weighted by Gasteiger charge is 2.21. The van der Waals surface area contributed by atoms with Crippen LogP contribution in [0.5, 0.6) is 0 Å². The molecule has 116 valence electrons. The molecule has 0 aliphatic heterocycles. The van der Waals surface area contributed by atoms with Gasteiger partial charge in [-0.05, 0) is 49.4 Å². The maximum absolute atomic E-state index is 13.2. The third-order valence-corrected chi connectivity index (χ3v) is 3.29. The molecule has 0 aliphatic carbocycles. The van der Waals surface area contributed by atoms with Crippen LogP contribution in [0.3, 0.4) is 0 Å². The number of halogens is 2. The SMILES string of the molecule is Cc1onc(-c2ccc(F)cc2)c1C(=O)Nc1cccc(F)c1. The molecule has 1 aromatic heterocycles. The van der Waals surface area contributed by atoms with Crippen LogP contribution < -0.4 is 5.32 Å². The van der Waals surface area contributed by atoms with Gasteiger partial charge in [-0.25, -0.2) is 8.78 Å². The number of amides is 1. The number of anilines is 1. The number of rotatable bonds is 3. The molecule has 0 bridgehead atoms. The van der Waals surface area contributed by atoms with Crippen molar-refractivity contribution in [2.45, 2.75) is 6.92 Å². The number of aryl methyl sites for hydroxylation is 1. The molecule has 1 amide bonds. The molecule has 3 rings (SSSR count). The monoisotopic (exact) mass is 314 g/mol. The second kappa shape index (κ2) is 6.00. The van der Waals surface area contributed by atoms with Crippen LogP contribution in [0.25, 0.3) is 11.3 Å². The summed E-state index contributed by atoms with van der Waals surface area (Å²) < 4.78 is 31.3. The van der Waals surface area contributed by atoms with Gasteiger partial charge in [-0.3, -0.25) is 4.79 Å². The van der Waals surface area contributed by atoms with Gasteiger partial charge in [-0.2, -0.15) is 0 Å². The predicted octanol–water partition coefficient (Wildman–Crippen LogP) is 4.18. The molecule has 1 N–H and O–H groups in total. The van der Waals surface area contributed by atoms with E-state index in [2.05, 4.69) is 10.5 Å². The highest BCUT2D eigenvalue weighted by molar-refractivity contribution is 6.08. The van der Waals surface area contributed by atoms with E-state index in [-0.39, 0.29) is 11.4 Å². The fourth-order valence-corrected chi connectivity index (χ4v) is 2.20. The molecule has 6 heteroatoms. The summed E-state index contributed by atoms with van der Waals surface area (Å²) >= 11 is 0. The van der Waals surface area contributed by atoms with Gasteiger partial charge >= 0.3 is 0 Å². The largest absolute Gasteiger partial charge is 0.360 e. The molecule has 0 atom stereocenters. The summed E-state index contributed by atoms with van der Waals surface area (Å²) in [7, 11) is 0. The number of hydrogen-bond donors (Lipinski definition) is 1. The summed E-state index contributed by atoms with van der Waals surface area (Å²) in [5.41, 5.74) is 1.39. The van der Waals surface area contributed by atoms with Crippen LogP contribution in [0.2, 0.25) is 0 Å². The van der Waals surface area contributed by atoms with Crippen molar-refractivity contribution in [3.63, 3.8) is 0 Å². The van der Waals surface area contributed by atoms with E-state index in [0.717, 1.165) is 0 Å². The summed E-state index contributed by atoms with van der Waals surface area (Å²) in [6.45, 7) is 1.60. The Hall–Kier alpha value is -3.02. The molecule has 2 aromatic carbocycles. The third-order valence-electron chi connectivity index (χ3n) is 3.29. The van der Waals surface area contributed by atoms with Crippen LogP contribution in [0.1, 0.15) is 16.1 Å². The lowest BCUT2D eigenvalue weighted by Gasteiger charge is -2.06. The van der Waals surface area contributed by atoms with Gasteiger partial charge in [-0.1, -0.05) is 11.2 Å². The molecule has 0 fully saturated rings. The summed E-state index contributed by atoms with van der Waals surface area (Å²) in [6.07, 6.45) is 0. The van der Waals surface area contributed by atoms with Gasteiger partial charge < -0.3 is 9.84 Å². The minimum Gasteiger partial charge on any atom is -0.360 e. The van der Waals surface area contributed by atoms with Gasteiger partial charge in [-0.15, -0.1) is 0 Å². The van der Waals surface area contributed by atoms with E-state index in [1.807, 2.05) is 0 Å². The first kappa shape index (κ1) is 14.9. The molecule has 4 nitrogen and oxygen atoms in total. The maximum atomic E-state index is 13.2. The summed E-state index contributed by atoms with van der Waals surface area (Å²) in [6, 6.07) is 11.1. The van der Waals surface area contributed by atoms with Crippen LogP contribution in [-0.2, 0) is 0 Å². The van der Waals surface area contributed by atoms with Gasteiger partial charge in [0.1, 0.15) is 28.7 Å². The summed E-state index contributed by atoms with van der Waals surface area (Å²) in [4.78, 5) is 12.5. The van der Waals surface area contributed by atoms with Crippen LogP contribution in [0.15, 0.2) is 53.1 Å². The second-order valence-corrected chi connectivity index (χ2v) is 4.93. The smallest absolute Gasteiger partial charge is 0.261 e. The second-order valence-electron chi connectivity index (χ2n) is 4.93. The zero-order valence-electron chi connectivity index (χ0n) is 12.1. The zero-order chi connectivity index (χ0) is 16.4. The molecular formula is C17H12F2N2O2. The molecule has 0 spiro atoms. The average molecular weight is 314 g/mol. The molecular weight excluding hydrogens is 302 g/mol. The van der Waals surface area contributed by atoms with Crippen molar-refractivity contribution in [1.29, 1.82) is 0 Å². The standard InChI is InChI=1S/C17H12F2N2O2/c1-10-15(17(22)20-14-4-2-3-13(19)9-14)16(21-23-10)11-5-7-12(18)8-6-11/h2-9H,1H3,(H,20,22). The van der Waals surface area contributed by atoms with Crippen molar-refractivity contribution in [1.82, 2.24) is 5.16 Å². The number of benzene rings is 2. The van der Waals surface area contributed by atoms with Crippen molar-refractivity contribution in [2.75, 3.05) is 5.32 Å². The van der Waals surface area contributed by atoms with Crippen LogP contribution in [0.4, 0.5) is 14.5 Å². The molecule has 0 saturated heterocycles. The van der Waals surface area contributed by atoms with Crippen LogP contribution in [-0.4, -0.2) is 11.1 Å². The van der Waals surface area contributed by atoms with E-state index in [0.29, 0.717) is 22.7 Å². The van der Waals surface area contributed by atoms with Gasteiger partial charge in [0.05, 0.1) is 0 Å². The van der Waals surface area contributed by atoms with Crippen molar-refractivity contribution in [2.24, 2.45) is 0 Å². The van der Waals surface area contributed by atoms with Crippen molar-refractivity contribution >= 4 is 11.6 Å². The first-order valence-corrected chi connectivity index (χ1v) is 6.84. The Morgan fingerprint density at radius 3 is 2.52 bits per heavy atom. The molecule has 0 unspecified atom stereocenters. The Morgan fingerprint density at radius 1 is 1.09 bits per heavy atom. The lowest BCUT2D eigenvalue weighted by molar-refractivity contribution is 0.102. The maximum Gasteiger partial charge on any atom is 0.261 e. The normalized spacial score (nSPS) is 10.6. The topological polar surface area (TPSA) is 55.1 Å². The highest BCUT2D eigenvalue weighted by atomic mass is 19.1. The number of nitrogens with zero attached hydrogens (tertiary/aromatic N) is 1. The Morgan fingerprint density at radius 2 is 1.83 bits per heavy atom. The number of carbonyl (C=O) groups is 1. The van der Waals surface area contributed by atoms with Crippen molar-refractivity contribution in [3.8, 4) is 11.3 Å². The first-order valence-electron chi connectivity index (χ1n) is 6.84. The summed E-state index contributed by atoms with van der Waals surface area (Å²) in [5, 5.41) is 6.46. The number of aromatic nitrogens is 1. The quantitative estimate of drug-likeness (QED) is 0.789. The number of carbonyl (C=O) groups excluding carboxylic acids is 1. The lowest BCUT2D eigenvalue weighted by atomic mass is 10.1. The minimum atomic E-state index is -0.478. The molecule has 1 heterocycles. The fourth-order valence-electron chi connectivity index (χ4n) is 2.20. The van der Waals surface area contributed by atoms with Crippen molar-refractivity contribution in [3.05, 3.63) is 71.5 Å². The van der Waals surface area contributed by atoms with E-state index in [9.17, 15) is 13.6 Å². The predicted molar refractivity (Wildman–Crippen MR) is 81.0 cm³/mol. The van der Waals surface area contributed by atoms with E-state index >= 15 is 0 Å². The fraction of sp³-hybridized carbons (Fsp3) is 0.0588. The van der Waals surface area contributed by atoms with Gasteiger partial charge in [0.2, 0.25) is 0 Å². The van der Waals surface area contributed by atoms with E-state index in [1.54, 1.807) is 13.0 Å². The number of hydrogen-bond acceptors (Lipinski definition) is 3. The molecule has 0 aliphatic rings. The lowest BCUT2D eigenvalue weighted by Crippen LogP contribution is -2.13. The zero-order valence-corrected chi connectivity index (χ0v) is 12.1. The Kier molecular flexibility index (Phi) is 3.89. The van der Waals surface area contributed by atoms with E-state index in [4.69, 9.17) is 4.52 Å². The highest BCUT2D eigenvalue weighted by Crippen LogP contribution is 2.26. The first-order chi connectivity index (χ1) is 11.0. The van der Waals surface area contributed by atoms with Gasteiger partial charge in [0.15, 0.2) is 0 Å². The minimum absolute atomic E-state index is 0.223. The Labute approximate surface area is 130 Å². The van der Waals surface area contributed by atoms with Crippen LogP contribution >= 0.6 is 0 Å². The molecule has 23 heavy (non-hydrogen) atoms. The van der Waals surface area contributed by atoms with Gasteiger partial charge in [0.25, 0.3) is 5.91 Å². The summed E-state index contributed by atoms with van der Waals surface area (Å²) in [5.74, 6) is -1.00. The van der Waals surface area contributed by atoms with E-state index in [1.165, 1.54) is 42.5 Å². The number of nitrogens with one attached hydrogen (secondary N) is 1. The molecule has 0 saturated carbocycles. The Balaban J connectivity index is 1.95. The van der Waals surface area contributed by atoms with E-state index < -0.39 is 11.7 Å². The van der Waals surface area contributed by atoms with Gasteiger partial charge in [0, 0.05) is 11.3 Å². The third kappa shape index (κ3) is 3.11. The average Bonchev–Trinajstić information content (AvgIpc) is 2.90. The molecule has 3 aromatic rings.